The third kappa shape index (κ3) is 4.09. The highest BCUT2D eigenvalue weighted by Crippen LogP contribution is 2.40. The Morgan fingerprint density at radius 3 is 2.63 bits per heavy atom. The summed E-state index contributed by atoms with van der Waals surface area (Å²) >= 11 is 1.39. The van der Waals surface area contributed by atoms with Crippen molar-refractivity contribution < 1.29 is 28.6 Å². The highest BCUT2D eigenvalue weighted by molar-refractivity contribution is 7.22. The number of fused-ring (bicyclic) bond motifs is 1. The molecule has 0 atom stereocenters. The predicted octanol–water partition coefficient (Wildman–Crippen LogP) is 0.679. The number of thiazole rings is 1. The minimum atomic E-state index is -0.270. The second kappa shape index (κ2) is 8.45. The maximum atomic E-state index is 13.0. The molecule has 1 aromatic carbocycles. The van der Waals surface area contributed by atoms with Gasteiger partial charge in [-0.2, -0.15) is 0 Å². The maximum absolute atomic E-state index is 13.0. The Labute approximate surface area is 161 Å². The summed E-state index contributed by atoms with van der Waals surface area (Å²) in [5.41, 5.74) is 0.668. The lowest BCUT2D eigenvalue weighted by Crippen LogP contribution is -3.06. The van der Waals surface area contributed by atoms with Crippen LogP contribution in [0.5, 0.6) is 11.5 Å². The Hall–Kier alpha value is -2.52. The van der Waals surface area contributed by atoms with Gasteiger partial charge in [0.15, 0.2) is 5.13 Å². The highest BCUT2D eigenvalue weighted by Gasteiger charge is 2.28. The number of ether oxygens (including phenoxy) is 4. The van der Waals surface area contributed by atoms with Gasteiger partial charge in [0.25, 0.3) is 5.91 Å². The van der Waals surface area contributed by atoms with Crippen molar-refractivity contribution in [1.29, 1.82) is 0 Å². The minimum absolute atomic E-state index is 0.188. The smallest absolute Gasteiger partial charge is 0.298 e. The number of quaternary nitrogens is 1. The van der Waals surface area contributed by atoms with E-state index in [9.17, 15) is 4.79 Å². The molecule has 0 bridgehead atoms. The first kappa shape index (κ1) is 19.2. The fourth-order valence-electron chi connectivity index (χ4n) is 2.62. The number of likely N-dealkylation sites (N-methyl/N-ethyl adjacent to an activating group) is 1. The lowest BCUT2D eigenvalue weighted by molar-refractivity contribution is -0.856. The number of benzene rings is 1. The Kier molecular flexibility index (Phi) is 6.02. The van der Waals surface area contributed by atoms with E-state index in [1.807, 2.05) is 20.2 Å². The quantitative estimate of drug-likeness (QED) is 0.745. The van der Waals surface area contributed by atoms with Crippen LogP contribution in [-0.2, 0) is 14.3 Å². The number of methoxy groups -OCH3 is 2. The molecule has 0 saturated heterocycles. The van der Waals surface area contributed by atoms with Crippen LogP contribution in [0.25, 0.3) is 10.2 Å². The third-order valence-corrected chi connectivity index (χ3v) is 5.16. The summed E-state index contributed by atoms with van der Waals surface area (Å²) in [4.78, 5) is 20.6. The van der Waals surface area contributed by atoms with Gasteiger partial charge in [-0.25, -0.2) is 4.98 Å². The lowest BCUT2D eigenvalue weighted by atomic mass is 10.3. The van der Waals surface area contributed by atoms with Crippen LogP contribution in [0.3, 0.4) is 0 Å². The van der Waals surface area contributed by atoms with Gasteiger partial charge in [-0.1, -0.05) is 11.3 Å². The van der Waals surface area contributed by atoms with Gasteiger partial charge in [-0.15, -0.1) is 0 Å². The van der Waals surface area contributed by atoms with E-state index in [0.717, 1.165) is 11.2 Å². The van der Waals surface area contributed by atoms with E-state index in [2.05, 4.69) is 4.98 Å². The number of hydrogen-bond donors (Lipinski definition) is 1. The molecule has 2 aromatic rings. The van der Waals surface area contributed by atoms with Crippen molar-refractivity contribution in [2.75, 3.05) is 59.5 Å². The summed E-state index contributed by atoms with van der Waals surface area (Å²) < 4.78 is 22.4. The molecule has 146 valence electrons. The monoisotopic (exact) mass is 394 g/mol. The van der Waals surface area contributed by atoms with Crippen LogP contribution >= 0.6 is 11.3 Å². The van der Waals surface area contributed by atoms with E-state index in [1.165, 1.54) is 22.5 Å². The van der Waals surface area contributed by atoms with Crippen LogP contribution in [0.4, 0.5) is 5.13 Å². The molecule has 0 aliphatic carbocycles. The number of amides is 1. The van der Waals surface area contributed by atoms with Crippen molar-refractivity contribution in [2.24, 2.45) is 0 Å². The number of rotatable bonds is 7. The fourth-order valence-corrected chi connectivity index (χ4v) is 3.72. The van der Waals surface area contributed by atoms with E-state index >= 15 is 0 Å². The van der Waals surface area contributed by atoms with Gasteiger partial charge in [-0.3, -0.25) is 9.69 Å². The van der Waals surface area contributed by atoms with Crippen molar-refractivity contribution in [1.82, 2.24) is 4.98 Å². The maximum Gasteiger partial charge on any atom is 0.298 e. The Bertz CT molecular complexity index is 808. The number of nitrogens with zero attached hydrogens (tertiary/aromatic N) is 2. The molecule has 3 rings (SSSR count). The van der Waals surface area contributed by atoms with Gasteiger partial charge in [0, 0.05) is 0 Å². The Morgan fingerprint density at radius 2 is 2.00 bits per heavy atom. The molecule has 1 amide bonds. The zero-order valence-corrected chi connectivity index (χ0v) is 16.7. The molecule has 1 aromatic heterocycles. The van der Waals surface area contributed by atoms with Crippen LogP contribution in [0.15, 0.2) is 24.2 Å². The van der Waals surface area contributed by atoms with Gasteiger partial charge in [0.2, 0.25) is 5.76 Å². The first-order valence-corrected chi connectivity index (χ1v) is 9.43. The third-order valence-electron chi connectivity index (χ3n) is 4.07. The number of aromatic nitrogens is 1. The van der Waals surface area contributed by atoms with Crippen LogP contribution in [0.1, 0.15) is 0 Å². The number of carbonyl (C=O) groups excluding carboxylic acids is 1. The van der Waals surface area contributed by atoms with E-state index in [-0.39, 0.29) is 11.7 Å². The Balaban J connectivity index is 2.03. The molecule has 0 saturated carbocycles. The van der Waals surface area contributed by atoms with Gasteiger partial charge in [-0.05, 0) is 12.1 Å². The van der Waals surface area contributed by atoms with E-state index < -0.39 is 0 Å². The molecule has 0 fully saturated rings. The van der Waals surface area contributed by atoms with Crippen LogP contribution in [-0.4, -0.2) is 65.5 Å². The molecule has 27 heavy (non-hydrogen) atoms. The first-order valence-electron chi connectivity index (χ1n) is 8.62. The molecule has 1 aliphatic rings. The Morgan fingerprint density at radius 1 is 1.26 bits per heavy atom. The SMILES string of the molecule is COc1ccc(OC)c2sc(N(CC[NH+](C)C)C(=O)C3=COCCO3)nc12. The molecular weight excluding hydrogens is 370 g/mol. The van der Waals surface area contributed by atoms with Gasteiger partial charge in [0.05, 0.1) is 41.4 Å². The van der Waals surface area contributed by atoms with Crippen molar-refractivity contribution in [2.45, 2.75) is 0 Å². The number of carbonyl (C=O) groups is 1. The number of anilines is 1. The van der Waals surface area contributed by atoms with Crippen molar-refractivity contribution >= 4 is 32.6 Å². The van der Waals surface area contributed by atoms with Crippen LogP contribution in [0, 0.1) is 0 Å². The van der Waals surface area contributed by atoms with Gasteiger partial charge >= 0.3 is 0 Å². The molecule has 2 heterocycles. The summed E-state index contributed by atoms with van der Waals surface area (Å²) in [6, 6.07) is 3.64. The summed E-state index contributed by atoms with van der Waals surface area (Å²) in [5, 5.41) is 0.564. The predicted molar refractivity (Wildman–Crippen MR) is 103 cm³/mol. The zero-order valence-electron chi connectivity index (χ0n) is 15.9. The van der Waals surface area contributed by atoms with Gasteiger partial charge < -0.3 is 23.8 Å². The topological polar surface area (TPSA) is 74.6 Å². The number of nitrogens with one attached hydrogen (secondary N) is 1. The highest BCUT2D eigenvalue weighted by atomic mass is 32.1. The van der Waals surface area contributed by atoms with Crippen LogP contribution < -0.4 is 19.3 Å². The summed E-state index contributed by atoms with van der Waals surface area (Å²) in [7, 11) is 7.27. The van der Waals surface area contributed by atoms with Crippen molar-refractivity contribution in [3.05, 3.63) is 24.2 Å². The summed E-state index contributed by atoms with van der Waals surface area (Å²) in [6.07, 6.45) is 1.37. The lowest BCUT2D eigenvalue weighted by Gasteiger charge is -2.23. The average Bonchev–Trinajstić information content (AvgIpc) is 3.12. The minimum Gasteiger partial charge on any atom is -0.495 e. The average molecular weight is 394 g/mol. The van der Waals surface area contributed by atoms with Crippen molar-refractivity contribution in [3.8, 4) is 11.5 Å². The molecular formula is C18H24N3O5S+. The summed E-state index contributed by atoms with van der Waals surface area (Å²) in [5.74, 6) is 1.24. The second-order valence-corrected chi connectivity index (χ2v) is 7.24. The molecule has 8 nitrogen and oxygen atoms in total. The van der Waals surface area contributed by atoms with E-state index in [4.69, 9.17) is 18.9 Å². The molecule has 9 heteroatoms. The molecule has 1 aliphatic heterocycles. The first-order chi connectivity index (χ1) is 13.0. The molecule has 1 N–H and O–H groups in total. The standard InChI is InChI=1S/C18H23N3O5S/c1-20(2)7-8-21(17(22)14-11-25-9-10-26-14)18-19-15-12(23-3)5-6-13(24-4)16(15)27-18/h5-6,11H,7-10H2,1-4H3/p+1. The normalized spacial score (nSPS) is 13.7. The van der Waals surface area contributed by atoms with E-state index in [1.54, 1.807) is 25.2 Å². The van der Waals surface area contributed by atoms with E-state index in [0.29, 0.717) is 41.9 Å². The summed E-state index contributed by atoms with van der Waals surface area (Å²) in [6.45, 7) is 2.04. The molecule has 0 unspecified atom stereocenters. The van der Waals surface area contributed by atoms with Crippen LogP contribution in [0.2, 0.25) is 0 Å². The van der Waals surface area contributed by atoms with Gasteiger partial charge in [0.1, 0.15) is 41.2 Å². The second-order valence-electron chi connectivity index (χ2n) is 6.26. The number of hydrogen-bond acceptors (Lipinski definition) is 7. The molecule has 0 radical (unpaired) electrons. The van der Waals surface area contributed by atoms with Crippen molar-refractivity contribution in [3.63, 3.8) is 0 Å². The zero-order chi connectivity index (χ0) is 19.4. The largest absolute Gasteiger partial charge is 0.495 e. The fraction of sp³-hybridized carbons (Fsp3) is 0.444. The molecule has 0 spiro atoms.